The summed E-state index contributed by atoms with van der Waals surface area (Å²) in [6.07, 6.45) is 1.82. The van der Waals surface area contributed by atoms with E-state index in [1.165, 1.54) is 0 Å². The van der Waals surface area contributed by atoms with Crippen LogP contribution in [0.1, 0.15) is 12.8 Å². The topological polar surface area (TPSA) is 0 Å². The molecule has 1 aliphatic carbocycles. The second-order valence-corrected chi connectivity index (χ2v) is 2.59. The Morgan fingerprint density at radius 2 is 2.00 bits per heavy atom. The first-order valence-corrected chi connectivity index (χ1v) is 2.96. The number of hydrogen-bond donors (Lipinski definition) is 0. The number of halogens is 2. The molecule has 0 aromatic carbocycles. The summed E-state index contributed by atoms with van der Waals surface area (Å²) in [5.41, 5.74) is 0. The molecule has 0 heterocycles. The molecule has 0 N–H and O–H groups in total. The van der Waals surface area contributed by atoms with E-state index in [4.69, 9.17) is 0 Å². The highest BCUT2D eigenvalue weighted by molar-refractivity contribution is 8.02. The monoisotopic (exact) mass is 123 g/mol. The Kier molecular flexibility index (Phi) is 1.52. The maximum absolute atomic E-state index is 11.3. The third kappa shape index (κ3) is 2.12. The fourth-order valence-electron chi connectivity index (χ4n) is 0.295. The third-order valence-corrected chi connectivity index (χ3v) is 1.63. The molecular formula is C4H5F2S. The molecule has 1 radical (unpaired) electrons. The van der Waals surface area contributed by atoms with Gasteiger partial charge in [0.25, 0.3) is 5.76 Å². The predicted molar refractivity (Wildman–Crippen MR) is 26.1 cm³/mol. The lowest BCUT2D eigenvalue weighted by molar-refractivity contribution is 0.252. The number of rotatable bonds is 2. The second-order valence-electron chi connectivity index (χ2n) is 1.42. The van der Waals surface area contributed by atoms with Crippen molar-refractivity contribution < 1.29 is 8.78 Å². The maximum Gasteiger partial charge on any atom is 0.285 e. The van der Waals surface area contributed by atoms with Crippen molar-refractivity contribution >= 4 is 11.8 Å². The van der Waals surface area contributed by atoms with Crippen LogP contribution < -0.4 is 0 Å². The number of hydrogen-bond acceptors (Lipinski definition) is 1. The van der Waals surface area contributed by atoms with Gasteiger partial charge in [-0.2, -0.15) is 8.78 Å². The molecule has 0 bridgehead atoms. The van der Waals surface area contributed by atoms with E-state index in [2.05, 4.69) is 0 Å². The van der Waals surface area contributed by atoms with Gasteiger partial charge in [0, 0.05) is 5.25 Å². The second kappa shape index (κ2) is 1.99. The van der Waals surface area contributed by atoms with Crippen LogP contribution in [-0.2, 0) is 0 Å². The molecule has 7 heavy (non-hydrogen) atoms. The van der Waals surface area contributed by atoms with E-state index in [9.17, 15) is 8.78 Å². The molecule has 0 unspecified atom stereocenters. The van der Waals surface area contributed by atoms with Crippen molar-refractivity contribution in [3.8, 4) is 0 Å². The minimum atomic E-state index is -2.18. The highest BCUT2D eigenvalue weighted by Crippen LogP contribution is 2.45. The zero-order chi connectivity index (χ0) is 5.28. The average molecular weight is 123 g/mol. The Hall–Kier alpha value is 0.210. The molecule has 0 aromatic rings. The van der Waals surface area contributed by atoms with Crippen LogP contribution >= 0.6 is 11.8 Å². The summed E-state index contributed by atoms with van der Waals surface area (Å²) in [5, 5.41) is 0.954. The molecule has 1 rings (SSSR count). The first-order chi connectivity index (χ1) is 3.29. The summed E-state index contributed by atoms with van der Waals surface area (Å²) in [7, 11) is 0. The van der Waals surface area contributed by atoms with Crippen LogP contribution in [0.4, 0.5) is 8.78 Å². The van der Waals surface area contributed by atoms with E-state index < -0.39 is 5.76 Å². The van der Waals surface area contributed by atoms with E-state index in [-0.39, 0.29) is 0 Å². The molecule has 0 nitrogen and oxygen atoms in total. The van der Waals surface area contributed by atoms with E-state index in [1.54, 1.807) is 0 Å². The minimum Gasteiger partial charge on any atom is -0.198 e. The summed E-state index contributed by atoms with van der Waals surface area (Å²) in [4.78, 5) is 0. The van der Waals surface area contributed by atoms with Gasteiger partial charge in [0.05, 0.1) is 0 Å². The molecule has 0 amide bonds. The quantitative estimate of drug-likeness (QED) is 0.542. The first-order valence-electron chi connectivity index (χ1n) is 2.08. The zero-order valence-electron chi connectivity index (χ0n) is 3.66. The number of thioether (sulfide) groups is 1. The summed E-state index contributed by atoms with van der Waals surface area (Å²) >= 11 is 0.704. The lowest BCUT2D eigenvalue weighted by Gasteiger charge is -1.89. The average Bonchev–Trinajstić information content (AvgIpc) is 2.17. The van der Waals surface area contributed by atoms with Crippen LogP contribution in [0.25, 0.3) is 0 Å². The van der Waals surface area contributed by atoms with Gasteiger partial charge in [-0.3, -0.25) is 0 Å². The van der Waals surface area contributed by atoms with E-state index in [0.717, 1.165) is 18.1 Å². The first kappa shape index (κ1) is 5.35. The Morgan fingerprint density at radius 1 is 1.43 bits per heavy atom. The molecule has 0 aliphatic heterocycles. The van der Waals surface area contributed by atoms with Crippen molar-refractivity contribution in [1.82, 2.24) is 0 Å². The molecule has 41 valence electrons. The minimum absolute atomic E-state index is 0.704. The van der Waals surface area contributed by atoms with Crippen molar-refractivity contribution in [1.29, 1.82) is 0 Å². The Labute approximate surface area is 45.3 Å². The van der Waals surface area contributed by atoms with Crippen LogP contribution in [0, 0.1) is 5.25 Å². The summed E-state index contributed by atoms with van der Waals surface area (Å²) < 4.78 is 22.5. The number of alkyl halides is 2. The van der Waals surface area contributed by atoms with Crippen LogP contribution in [0.15, 0.2) is 0 Å². The third-order valence-electron chi connectivity index (χ3n) is 0.710. The molecule has 1 aliphatic rings. The van der Waals surface area contributed by atoms with Crippen LogP contribution in [0.3, 0.4) is 0 Å². The highest BCUT2D eigenvalue weighted by atomic mass is 32.2. The Morgan fingerprint density at radius 3 is 2.14 bits per heavy atom. The largest absolute Gasteiger partial charge is 0.285 e. The van der Waals surface area contributed by atoms with Gasteiger partial charge in [0.15, 0.2) is 0 Å². The van der Waals surface area contributed by atoms with Gasteiger partial charge in [0.1, 0.15) is 0 Å². The van der Waals surface area contributed by atoms with Gasteiger partial charge in [-0.1, -0.05) is 11.8 Å². The van der Waals surface area contributed by atoms with Crippen molar-refractivity contribution in [2.75, 3.05) is 0 Å². The molecule has 1 fully saturated rings. The fraction of sp³-hybridized carbons (Fsp3) is 0.750. The Balaban J connectivity index is 1.97. The summed E-state index contributed by atoms with van der Waals surface area (Å²) in [5.74, 6) is -2.18. The van der Waals surface area contributed by atoms with Gasteiger partial charge in [-0.05, 0) is 12.8 Å². The molecule has 1 saturated carbocycles. The van der Waals surface area contributed by atoms with Crippen LogP contribution in [-0.4, -0.2) is 5.76 Å². The molecular weight excluding hydrogens is 118 g/mol. The maximum atomic E-state index is 11.3. The van der Waals surface area contributed by atoms with Crippen molar-refractivity contribution in [2.24, 2.45) is 0 Å². The molecule has 0 saturated heterocycles. The van der Waals surface area contributed by atoms with Crippen LogP contribution in [0.2, 0.25) is 0 Å². The fourth-order valence-corrected chi connectivity index (χ4v) is 0.885. The van der Waals surface area contributed by atoms with Crippen LogP contribution in [0.5, 0.6) is 0 Å². The Bertz CT molecular complexity index is 60.7. The lowest BCUT2D eigenvalue weighted by atomic mass is 11.0. The van der Waals surface area contributed by atoms with E-state index in [1.807, 2.05) is 0 Å². The van der Waals surface area contributed by atoms with Gasteiger partial charge >= 0.3 is 0 Å². The lowest BCUT2D eigenvalue weighted by Crippen LogP contribution is -1.76. The zero-order valence-corrected chi connectivity index (χ0v) is 4.47. The smallest absolute Gasteiger partial charge is 0.198 e. The normalized spacial score (nSPS) is 21.0. The van der Waals surface area contributed by atoms with Gasteiger partial charge < -0.3 is 0 Å². The van der Waals surface area contributed by atoms with E-state index >= 15 is 0 Å². The van der Waals surface area contributed by atoms with Crippen molar-refractivity contribution in [3.05, 3.63) is 5.25 Å². The van der Waals surface area contributed by atoms with Gasteiger partial charge in [-0.25, -0.2) is 0 Å². The van der Waals surface area contributed by atoms with Crippen molar-refractivity contribution in [3.63, 3.8) is 0 Å². The standard InChI is InChI=1S/C4H5F2S/c5-4(6)7-3-1-2-3/h4H,1-2H2. The predicted octanol–water partition coefficient (Wildman–Crippen LogP) is 2.27. The highest BCUT2D eigenvalue weighted by Gasteiger charge is 2.26. The van der Waals surface area contributed by atoms with Gasteiger partial charge in [0.2, 0.25) is 0 Å². The van der Waals surface area contributed by atoms with Crippen molar-refractivity contribution in [2.45, 2.75) is 18.6 Å². The van der Waals surface area contributed by atoms with E-state index in [0.29, 0.717) is 11.8 Å². The molecule has 0 atom stereocenters. The molecule has 3 heteroatoms. The summed E-state index contributed by atoms with van der Waals surface area (Å²) in [6, 6.07) is 0. The SMILES string of the molecule is FC(F)S[C]1CC1. The summed E-state index contributed by atoms with van der Waals surface area (Å²) in [6.45, 7) is 0. The molecule has 0 spiro atoms. The molecule has 0 aromatic heterocycles. The van der Waals surface area contributed by atoms with Gasteiger partial charge in [-0.15, -0.1) is 0 Å².